The number of nitrogens with one attached hydrogen (secondary N) is 2. The SMILES string of the molecule is CCN(C(=O)c1cccc(NC(=O)CNc2cc(Cl)cc(Cl)c2)c1)c1ccccc1. The van der Waals surface area contributed by atoms with Gasteiger partial charge in [0.15, 0.2) is 0 Å². The summed E-state index contributed by atoms with van der Waals surface area (Å²) in [4.78, 5) is 27.0. The second kappa shape index (κ2) is 10.1. The first-order valence-corrected chi connectivity index (χ1v) is 10.2. The molecule has 0 aliphatic heterocycles. The zero-order valence-corrected chi connectivity index (χ0v) is 17.9. The number of benzene rings is 3. The van der Waals surface area contributed by atoms with E-state index in [0.29, 0.717) is 33.5 Å². The second-order valence-corrected chi connectivity index (χ2v) is 7.40. The first-order chi connectivity index (χ1) is 14.5. The summed E-state index contributed by atoms with van der Waals surface area (Å²) in [7, 11) is 0. The molecule has 0 bridgehead atoms. The summed E-state index contributed by atoms with van der Waals surface area (Å²) in [6.45, 7) is 2.48. The lowest BCUT2D eigenvalue weighted by molar-refractivity contribution is -0.114. The Morgan fingerprint density at radius 1 is 0.867 bits per heavy atom. The smallest absolute Gasteiger partial charge is 0.258 e. The molecule has 0 unspecified atom stereocenters. The van der Waals surface area contributed by atoms with Gasteiger partial charge in [-0.1, -0.05) is 47.5 Å². The third-order valence-electron chi connectivity index (χ3n) is 4.34. The van der Waals surface area contributed by atoms with Crippen molar-refractivity contribution in [2.45, 2.75) is 6.92 Å². The minimum absolute atomic E-state index is 0.0277. The van der Waals surface area contributed by atoms with Crippen LogP contribution in [0.25, 0.3) is 0 Å². The highest BCUT2D eigenvalue weighted by Crippen LogP contribution is 2.22. The predicted octanol–water partition coefficient (Wildman–Crippen LogP) is 5.71. The topological polar surface area (TPSA) is 61.4 Å². The fourth-order valence-corrected chi connectivity index (χ4v) is 3.51. The maximum absolute atomic E-state index is 13.0. The average Bonchev–Trinajstić information content (AvgIpc) is 2.73. The summed E-state index contributed by atoms with van der Waals surface area (Å²) in [5.74, 6) is -0.391. The third-order valence-corrected chi connectivity index (χ3v) is 4.77. The normalized spacial score (nSPS) is 10.4. The summed E-state index contributed by atoms with van der Waals surface area (Å²) >= 11 is 11.9. The standard InChI is InChI=1S/C23H21Cl2N3O2/c1-2-28(21-9-4-3-5-10-21)23(30)16-7-6-8-19(11-16)27-22(29)15-26-20-13-17(24)12-18(25)14-20/h3-14,26H,2,15H2,1H3,(H,27,29). The summed E-state index contributed by atoms with van der Waals surface area (Å²) in [5, 5.41) is 6.74. The van der Waals surface area contributed by atoms with Crippen molar-refractivity contribution in [2.75, 3.05) is 28.6 Å². The highest BCUT2D eigenvalue weighted by Gasteiger charge is 2.16. The molecule has 154 valence electrons. The van der Waals surface area contributed by atoms with E-state index in [-0.39, 0.29) is 18.4 Å². The molecule has 0 aliphatic rings. The van der Waals surface area contributed by atoms with Crippen LogP contribution in [0, 0.1) is 0 Å². The number of anilines is 3. The maximum Gasteiger partial charge on any atom is 0.258 e. The van der Waals surface area contributed by atoms with Crippen LogP contribution in [0.3, 0.4) is 0 Å². The fraction of sp³-hybridized carbons (Fsp3) is 0.130. The number of para-hydroxylation sites is 1. The molecule has 0 fully saturated rings. The van der Waals surface area contributed by atoms with E-state index in [4.69, 9.17) is 23.2 Å². The molecule has 0 radical (unpaired) electrons. The Kier molecular flexibility index (Phi) is 7.33. The van der Waals surface area contributed by atoms with Gasteiger partial charge in [0.25, 0.3) is 5.91 Å². The number of halogens is 2. The minimum Gasteiger partial charge on any atom is -0.376 e. The zero-order chi connectivity index (χ0) is 21.5. The van der Waals surface area contributed by atoms with Gasteiger partial charge in [0.05, 0.1) is 6.54 Å². The summed E-state index contributed by atoms with van der Waals surface area (Å²) in [6, 6.07) is 21.3. The third kappa shape index (κ3) is 5.75. The highest BCUT2D eigenvalue weighted by molar-refractivity contribution is 6.35. The lowest BCUT2D eigenvalue weighted by atomic mass is 10.1. The van der Waals surface area contributed by atoms with Gasteiger partial charge >= 0.3 is 0 Å². The number of carbonyl (C=O) groups excluding carboxylic acids is 2. The van der Waals surface area contributed by atoms with E-state index >= 15 is 0 Å². The monoisotopic (exact) mass is 441 g/mol. The van der Waals surface area contributed by atoms with Crippen molar-refractivity contribution in [3.05, 3.63) is 88.4 Å². The molecule has 0 aromatic heterocycles. The number of amides is 2. The van der Waals surface area contributed by atoms with Crippen LogP contribution in [0.15, 0.2) is 72.8 Å². The number of hydrogen-bond donors (Lipinski definition) is 2. The molecular formula is C23H21Cl2N3O2. The first kappa shape index (κ1) is 21.7. The van der Waals surface area contributed by atoms with E-state index < -0.39 is 0 Å². The van der Waals surface area contributed by atoms with Gasteiger partial charge in [0.2, 0.25) is 5.91 Å². The van der Waals surface area contributed by atoms with E-state index in [1.807, 2.05) is 37.3 Å². The van der Waals surface area contributed by atoms with Crippen LogP contribution in [-0.2, 0) is 4.79 Å². The number of hydrogen-bond acceptors (Lipinski definition) is 3. The molecule has 3 aromatic carbocycles. The number of carbonyl (C=O) groups is 2. The maximum atomic E-state index is 13.0. The van der Waals surface area contributed by atoms with Crippen molar-refractivity contribution in [3.63, 3.8) is 0 Å². The molecule has 0 atom stereocenters. The predicted molar refractivity (Wildman–Crippen MR) is 124 cm³/mol. The molecule has 30 heavy (non-hydrogen) atoms. The Morgan fingerprint density at radius 3 is 2.23 bits per heavy atom. The van der Waals surface area contributed by atoms with Crippen LogP contribution >= 0.6 is 23.2 Å². The Balaban J connectivity index is 1.66. The van der Waals surface area contributed by atoms with Crippen molar-refractivity contribution in [1.29, 1.82) is 0 Å². The summed E-state index contributed by atoms with van der Waals surface area (Å²) in [5.41, 5.74) is 2.51. The van der Waals surface area contributed by atoms with Crippen LogP contribution in [-0.4, -0.2) is 24.9 Å². The van der Waals surface area contributed by atoms with Crippen LogP contribution < -0.4 is 15.5 Å². The molecule has 3 aromatic rings. The molecule has 0 saturated heterocycles. The van der Waals surface area contributed by atoms with Gasteiger partial charge in [-0.2, -0.15) is 0 Å². The molecule has 7 heteroatoms. The molecular weight excluding hydrogens is 421 g/mol. The van der Waals surface area contributed by atoms with E-state index in [1.165, 1.54) is 0 Å². The molecule has 2 N–H and O–H groups in total. The van der Waals surface area contributed by atoms with Gasteiger partial charge in [-0.15, -0.1) is 0 Å². The molecule has 0 aliphatic carbocycles. The fourth-order valence-electron chi connectivity index (χ4n) is 2.98. The van der Waals surface area contributed by atoms with Gasteiger partial charge in [0, 0.05) is 39.2 Å². The Bertz CT molecular complexity index is 1020. The molecule has 0 heterocycles. The highest BCUT2D eigenvalue weighted by atomic mass is 35.5. The van der Waals surface area contributed by atoms with Gasteiger partial charge in [-0.25, -0.2) is 0 Å². The average molecular weight is 442 g/mol. The van der Waals surface area contributed by atoms with Gasteiger partial charge in [-0.3, -0.25) is 9.59 Å². The van der Waals surface area contributed by atoms with Crippen molar-refractivity contribution < 1.29 is 9.59 Å². The number of nitrogens with zero attached hydrogens (tertiary/aromatic N) is 1. The second-order valence-electron chi connectivity index (χ2n) is 6.53. The van der Waals surface area contributed by atoms with E-state index in [2.05, 4.69) is 10.6 Å². The van der Waals surface area contributed by atoms with Crippen molar-refractivity contribution >= 4 is 52.1 Å². The van der Waals surface area contributed by atoms with E-state index in [1.54, 1.807) is 47.4 Å². The van der Waals surface area contributed by atoms with E-state index in [9.17, 15) is 9.59 Å². The largest absolute Gasteiger partial charge is 0.376 e. The van der Waals surface area contributed by atoms with Gasteiger partial charge in [-0.05, 0) is 55.5 Å². The zero-order valence-electron chi connectivity index (χ0n) is 16.4. The van der Waals surface area contributed by atoms with E-state index in [0.717, 1.165) is 5.69 Å². The van der Waals surface area contributed by atoms with Crippen LogP contribution in [0.4, 0.5) is 17.1 Å². The molecule has 2 amide bonds. The van der Waals surface area contributed by atoms with Crippen LogP contribution in [0.1, 0.15) is 17.3 Å². The van der Waals surface area contributed by atoms with Gasteiger partial charge in [0.1, 0.15) is 0 Å². The van der Waals surface area contributed by atoms with Crippen LogP contribution in [0.5, 0.6) is 0 Å². The van der Waals surface area contributed by atoms with Gasteiger partial charge < -0.3 is 15.5 Å². The summed E-state index contributed by atoms with van der Waals surface area (Å²) < 4.78 is 0. The first-order valence-electron chi connectivity index (χ1n) is 9.43. The minimum atomic E-state index is -0.258. The molecule has 0 saturated carbocycles. The Hall–Kier alpha value is -3.02. The van der Waals surface area contributed by atoms with Crippen LogP contribution in [0.2, 0.25) is 10.0 Å². The Morgan fingerprint density at radius 2 is 1.57 bits per heavy atom. The van der Waals surface area contributed by atoms with Crippen molar-refractivity contribution in [2.24, 2.45) is 0 Å². The lowest BCUT2D eigenvalue weighted by Crippen LogP contribution is -2.30. The number of rotatable bonds is 7. The lowest BCUT2D eigenvalue weighted by Gasteiger charge is -2.21. The van der Waals surface area contributed by atoms with Crippen molar-refractivity contribution in [3.8, 4) is 0 Å². The van der Waals surface area contributed by atoms with Crippen molar-refractivity contribution in [1.82, 2.24) is 0 Å². The molecule has 0 spiro atoms. The Labute approximate surface area is 185 Å². The molecule has 5 nitrogen and oxygen atoms in total. The summed E-state index contributed by atoms with van der Waals surface area (Å²) in [6.07, 6.45) is 0. The quantitative estimate of drug-likeness (QED) is 0.493. The molecule has 3 rings (SSSR count).